The number of rotatable bonds is 10. The van der Waals surface area contributed by atoms with Gasteiger partial charge in [-0.15, -0.1) is 11.3 Å². The lowest BCUT2D eigenvalue weighted by Gasteiger charge is -2.09. The molecular formula is C32H25Cl2N5O3S. The van der Waals surface area contributed by atoms with Crippen LogP contribution < -0.4 is 20.8 Å². The Bertz CT molecular complexity index is 1760. The summed E-state index contributed by atoms with van der Waals surface area (Å²) in [7, 11) is 0. The largest absolute Gasteiger partial charge is 0.482 e. The lowest BCUT2D eigenvalue weighted by Crippen LogP contribution is -2.20. The predicted molar refractivity (Wildman–Crippen MR) is 174 cm³/mol. The smallest absolute Gasteiger partial charge is 0.271 e. The molecule has 8 nitrogen and oxygen atoms in total. The van der Waals surface area contributed by atoms with Crippen LogP contribution >= 0.6 is 34.5 Å². The zero-order chi connectivity index (χ0) is 30.2. The van der Waals surface area contributed by atoms with E-state index in [-0.39, 0.29) is 18.4 Å². The fraction of sp³-hybridized carbons (Fsp3) is 0.0625. The minimum absolute atomic E-state index is 0.195. The molecule has 0 aliphatic heterocycles. The van der Waals surface area contributed by atoms with Crippen LogP contribution in [0.25, 0.3) is 11.3 Å². The van der Waals surface area contributed by atoms with Crippen molar-refractivity contribution in [2.45, 2.75) is 6.92 Å². The number of hydrazone groups is 1. The first-order chi connectivity index (χ1) is 20.8. The van der Waals surface area contributed by atoms with Gasteiger partial charge in [-0.1, -0.05) is 53.0 Å². The van der Waals surface area contributed by atoms with Gasteiger partial charge in [0, 0.05) is 32.9 Å². The van der Waals surface area contributed by atoms with Gasteiger partial charge in [0.2, 0.25) is 0 Å². The summed E-state index contributed by atoms with van der Waals surface area (Å²) in [4.78, 5) is 29.4. The summed E-state index contributed by atoms with van der Waals surface area (Å²) < 4.78 is 5.55. The average Bonchev–Trinajstić information content (AvgIpc) is 3.47. The zero-order valence-electron chi connectivity index (χ0n) is 22.8. The average molecular weight is 631 g/mol. The van der Waals surface area contributed by atoms with E-state index in [0.29, 0.717) is 32.6 Å². The second-order valence-corrected chi connectivity index (χ2v) is 11.0. The quantitative estimate of drug-likeness (QED) is 0.107. The second-order valence-electron chi connectivity index (χ2n) is 9.34. The normalized spacial score (nSPS) is 10.9. The highest BCUT2D eigenvalue weighted by Crippen LogP contribution is 2.28. The maximum atomic E-state index is 12.6. The van der Waals surface area contributed by atoms with Crippen LogP contribution in [-0.2, 0) is 4.79 Å². The van der Waals surface area contributed by atoms with Crippen molar-refractivity contribution in [1.82, 2.24) is 10.4 Å². The third-order valence-electron chi connectivity index (χ3n) is 6.07. The number of amides is 2. The monoisotopic (exact) mass is 629 g/mol. The van der Waals surface area contributed by atoms with Crippen molar-refractivity contribution in [2.24, 2.45) is 5.10 Å². The third-order valence-corrected chi connectivity index (χ3v) is 7.38. The fourth-order valence-electron chi connectivity index (χ4n) is 3.83. The number of benzene rings is 4. The van der Waals surface area contributed by atoms with E-state index in [0.717, 1.165) is 27.6 Å². The number of anilines is 3. The molecule has 0 spiro atoms. The molecular weight excluding hydrogens is 605 g/mol. The highest BCUT2D eigenvalue weighted by Gasteiger charge is 2.10. The molecule has 0 saturated carbocycles. The molecule has 0 bridgehead atoms. The van der Waals surface area contributed by atoms with Crippen molar-refractivity contribution in [1.29, 1.82) is 0 Å². The molecule has 5 aromatic rings. The Hall–Kier alpha value is -4.70. The van der Waals surface area contributed by atoms with Crippen molar-refractivity contribution in [3.05, 3.63) is 123 Å². The summed E-state index contributed by atoms with van der Waals surface area (Å²) in [5.41, 5.74) is 7.95. The van der Waals surface area contributed by atoms with Crippen molar-refractivity contribution in [2.75, 3.05) is 17.2 Å². The minimum Gasteiger partial charge on any atom is -0.482 e. The molecule has 216 valence electrons. The van der Waals surface area contributed by atoms with E-state index in [1.807, 2.05) is 73.0 Å². The molecule has 0 saturated heterocycles. The van der Waals surface area contributed by atoms with E-state index in [1.165, 1.54) is 17.6 Å². The molecule has 2 amide bonds. The lowest BCUT2D eigenvalue weighted by molar-refractivity contribution is -0.118. The van der Waals surface area contributed by atoms with E-state index in [4.69, 9.17) is 27.9 Å². The molecule has 0 aliphatic carbocycles. The Morgan fingerprint density at radius 2 is 1.65 bits per heavy atom. The van der Waals surface area contributed by atoms with E-state index in [9.17, 15) is 9.59 Å². The number of nitrogens with zero attached hydrogens (tertiary/aromatic N) is 2. The highest BCUT2D eigenvalue weighted by molar-refractivity contribution is 7.14. The number of hydrogen-bond donors (Lipinski definition) is 3. The number of aromatic nitrogens is 1. The Labute approximate surface area is 262 Å². The summed E-state index contributed by atoms with van der Waals surface area (Å²) in [5, 5.41) is 13.7. The topological polar surface area (TPSA) is 105 Å². The van der Waals surface area contributed by atoms with Crippen molar-refractivity contribution in [3.63, 3.8) is 0 Å². The summed E-state index contributed by atoms with van der Waals surface area (Å²) in [5.74, 6) is -0.310. The molecule has 0 unspecified atom stereocenters. The van der Waals surface area contributed by atoms with Crippen LogP contribution in [0, 0.1) is 6.92 Å². The van der Waals surface area contributed by atoms with Gasteiger partial charge in [0.1, 0.15) is 5.75 Å². The van der Waals surface area contributed by atoms with Crippen LogP contribution in [0.4, 0.5) is 16.5 Å². The number of carbonyl (C=O) groups is 2. The number of aryl methyl sites for hydroxylation is 1. The first-order valence-corrected chi connectivity index (χ1v) is 14.7. The van der Waals surface area contributed by atoms with E-state index in [2.05, 4.69) is 26.1 Å². The summed E-state index contributed by atoms with van der Waals surface area (Å²) in [6, 6.07) is 26.9. The van der Waals surface area contributed by atoms with Crippen molar-refractivity contribution in [3.8, 4) is 17.0 Å². The molecule has 43 heavy (non-hydrogen) atoms. The van der Waals surface area contributed by atoms with Gasteiger partial charge in [-0.2, -0.15) is 5.10 Å². The molecule has 0 atom stereocenters. The van der Waals surface area contributed by atoms with Gasteiger partial charge in [-0.25, -0.2) is 10.4 Å². The number of thiazole rings is 1. The molecule has 4 aromatic carbocycles. The Balaban J connectivity index is 1.10. The van der Waals surface area contributed by atoms with Gasteiger partial charge in [0.15, 0.2) is 11.7 Å². The molecule has 0 radical (unpaired) electrons. The van der Waals surface area contributed by atoms with E-state index < -0.39 is 0 Å². The first-order valence-electron chi connectivity index (χ1n) is 13.0. The fourth-order valence-corrected chi connectivity index (χ4v) is 4.94. The van der Waals surface area contributed by atoms with Crippen LogP contribution in [0.1, 0.15) is 21.5 Å². The second kappa shape index (κ2) is 14.0. The summed E-state index contributed by atoms with van der Waals surface area (Å²) in [6.45, 7) is 1.78. The van der Waals surface area contributed by atoms with Crippen molar-refractivity contribution >= 4 is 69.1 Å². The Morgan fingerprint density at radius 3 is 2.37 bits per heavy atom. The number of hydrogen-bond acceptors (Lipinski definition) is 7. The molecule has 0 aliphatic rings. The SMILES string of the molecule is Cc1ccc(NC(=O)COc2ccc(/C=N\NC(=O)c3ccc(-c4csc(Nc5ccc(Cl)cc5)n4)cc3)cc2Cl)cc1. The summed E-state index contributed by atoms with van der Waals surface area (Å²) >= 11 is 13.7. The lowest BCUT2D eigenvalue weighted by atomic mass is 10.1. The molecule has 1 heterocycles. The van der Waals surface area contributed by atoms with E-state index in [1.54, 1.807) is 30.3 Å². The molecule has 3 N–H and O–H groups in total. The Morgan fingerprint density at radius 1 is 0.930 bits per heavy atom. The van der Waals surface area contributed by atoms with Crippen molar-refractivity contribution < 1.29 is 14.3 Å². The van der Waals surface area contributed by atoms with Gasteiger partial charge >= 0.3 is 0 Å². The van der Waals surface area contributed by atoms with Crippen LogP contribution in [-0.4, -0.2) is 29.6 Å². The molecule has 5 rings (SSSR count). The van der Waals surface area contributed by atoms with Gasteiger partial charge in [-0.3, -0.25) is 9.59 Å². The number of halogens is 2. The molecule has 11 heteroatoms. The van der Waals surface area contributed by atoms with E-state index >= 15 is 0 Å². The maximum absolute atomic E-state index is 12.6. The maximum Gasteiger partial charge on any atom is 0.271 e. The van der Waals surface area contributed by atoms with Gasteiger partial charge < -0.3 is 15.4 Å². The zero-order valence-corrected chi connectivity index (χ0v) is 25.1. The van der Waals surface area contributed by atoms with Gasteiger partial charge in [0.25, 0.3) is 11.8 Å². The number of ether oxygens (including phenoxy) is 1. The molecule has 0 fully saturated rings. The number of carbonyl (C=O) groups excluding carboxylic acids is 2. The first kappa shape index (κ1) is 29.8. The standard InChI is InChI=1S/C32H25Cl2N5O3S/c1-20-2-11-25(12-3-20)36-30(40)18-42-29-15-4-21(16-27(29)34)17-35-39-31(41)23-7-5-22(6-8-23)28-19-43-32(38-28)37-26-13-9-24(33)10-14-26/h2-17,19H,18H2,1H3,(H,36,40)(H,37,38)(H,39,41)/b35-17-. The predicted octanol–water partition coefficient (Wildman–Crippen LogP) is 7.95. The third kappa shape index (κ3) is 8.42. The van der Waals surface area contributed by atoms with Gasteiger partial charge in [-0.05, 0) is 79.2 Å². The Kier molecular flexibility index (Phi) is 9.68. The molecule has 1 aromatic heterocycles. The summed E-state index contributed by atoms with van der Waals surface area (Å²) in [6.07, 6.45) is 1.47. The van der Waals surface area contributed by atoms with Gasteiger partial charge in [0.05, 0.1) is 16.9 Å². The minimum atomic E-state index is -0.364. The van der Waals surface area contributed by atoms with Crippen LogP contribution in [0.5, 0.6) is 5.75 Å². The van der Waals surface area contributed by atoms with Crippen LogP contribution in [0.15, 0.2) is 101 Å². The van der Waals surface area contributed by atoms with Crippen LogP contribution in [0.2, 0.25) is 10.0 Å². The van der Waals surface area contributed by atoms with Crippen LogP contribution in [0.3, 0.4) is 0 Å². The highest BCUT2D eigenvalue weighted by atomic mass is 35.5. The number of nitrogens with one attached hydrogen (secondary N) is 3.